The number of nitrogens with one attached hydrogen (secondary N) is 2. The maximum atomic E-state index is 12.4. The largest absolute Gasteiger partial charge is 0.380 e. The Kier molecular flexibility index (Phi) is 4.68. The number of para-hydroxylation sites is 2. The van der Waals surface area contributed by atoms with Crippen molar-refractivity contribution in [1.29, 1.82) is 0 Å². The minimum Gasteiger partial charge on any atom is -0.380 e. The minimum atomic E-state index is -0.143. The van der Waals surface area contributed by atoms with Gasteiger partial charge in [-0.3, -0.25) is 4.79 Å². The van der Waals surface area contributed by atoms with E-state index in [2.05, 4.69) is 15.3 Å². The highest BCUT2D eigenvalue weighted by atomic mass is 16.5. The molecule has 0 spiro atoms. The zero-order valence-corrected chi connectivity index (χ0v) is 14.9. The number of benzene rings is 3. The fourth-order valence-electron chi connectivity index (χ4n) is 2.92. The first kappa shape index (κ1) is 17.0. The molecule has 1 heterocycles. The van der Waals surface area contributed by atoms with Gasteiger partial charge in [-0.2, -0.15) is 0 Å². The number of amides is 1. The number of hydrogen-bond acceptors (Lipinski definition) is 3. The average molecular weight is 357 g/mol. The van der Waals surface area contributed by atoms with Gasteiger partial charge >= 0.3 is 0 Å². The number of methoxy groups -OCH3 is 1. The third-order valence-electron chi connectivity index (χ3n) is 4.33. The minimum absolute atomic E-state index is 0.143. The summed E-state index contributed by atoms with van der Waals surface area (Å²) in [6.45, 7) is 0.533. The second-order valence-electron chi connectivity index (χ2n) is 6.26. The number of anilines is 1. The van der Waals surface area contributed by atoms with Crippen molar-refractivity contribution < 1.29 is 9.53 Å². The van der Waals surface area contributed by atoms with Crippen LogP contribution in [0.15, 0.2) is 72.8 Å². The number of nitrogens with zero attached hydrogens (tertiary/aromatic N) is 1. The summed E-state index contributed by atoms with van der Waals surface area (Å²) in [6, 6.07) is 22.9. The lowest BCUT2D eigenvalue weighted by molar-refractivity contribution is 0.102. The van der Waals surface area contributed by atoms with E-state index in [9.17, 15) is 4.79 Å². The molecule has 5 heteroatoms. The fraction of sp³-hybridized carbons (Fsp3) is 0.0909. The molecular formula is C22H19N3O2. The molecule has 0 saturated heterocycles. The quantitative estimate of drug-likeness (QED) is 0.547. The lowest BCUT2D eigenvalue weighted by Crippen LogP contribution is -2.11. The molecule has 0 aliphatic heterocycles. The van der Waals surface area contributed by atoms with Crippen LogP contribution in [-0.2, 0) is 11.3 Å². The van der Waals surface area contributed by atoms with Gasteiger partial charge in [0.2, 0.25) is 0 Å². The molecule has 27 heavy (non-hydrogen) atoms. The Balaban J connectivity index is 1.47. The van der Waals surface area contributed by atoms with Gasteiger partial charge in [0.15, 0.2) is 0 Å². The van der Waals surface area contributed by atoms with Crippen molar-refractivity contribution in [1.82, 2.24) is 9.97 Å². The predicted molar refractivity (Wildman–Crippen MR) is 107 cm³/mol. The van der Waals surface area contributed by atoms with Crippen LogP contribution in [0, 0.1) is 0 Å². The highest BCUT2D eigenvalue weighted by Gasteiger charge is 2.08. The zero-order valence-electron chi connectivity index (χ0n) is 14.9. The van der Waals surface area contributed by atoms with Gasteiger partial charge in [-0.25, -0.2) is 4.98 Å². The Hall–Kier alpha value is -3.44. The Morgan fingerprint density at radius 2 is 1.74 bits per heavy atom. The van der Waals surface area contributed by atoms with Crippen molar-refractivity contribution in [3.63, 3.8) is 0 Å². The van der Waals surface area contributed by atoms with Crippen molar-refractivity contribution >= 4 is 22.6 Å². The molecule has 1 aromatic heterocycles. The SMILES string of the molecule is COCc1ccc(C(=O)Nc2ccc(-c3nc4ccccc4[nH]3)cc2)cc1. The maximum absolute atomic E-state index is 12.4. The monoisotopic (exact) mass is 357 g/mol. The summed E-state index contributed by atoms with van der Waals surface area (Å²) in [4.78, 5) is 20.3. The van der Waals surface area contributed by atoms with Gasteiger partial charge in [0.1, 0.15) is 5.82 Å². The van der Waals surface area contributed by atoms with Crippen LogP contribution in [0.2, 0.25) is 0 Å². The van der Waals surface area contributed by atoms with Crippen molar-refractivity contribution in [2.45, 2.75) is 6.61 Å². The number of rotatable bonds is 5. The second-order valence-corrected chi connectivity index (χ2v) is 6.26. The van der Waals surface area contributed by atoms with E-state index >= 15 is 0 Å². The van der Waals surface area contributed by atoms with Gasteiger partial charge in [-0.1, -0.05) is 24.3 Å². The van der Waals surface area contributed by atoms with Crippen LogP contribution in [0.5, 0.6) is 0 Å². The second kappa shape index (κ2) is 7.43. The van der Waals surface area contributed by atoms with E-state index in [-0.39, 0.29) is 5.91 Å². The number of carbonyl (C=O) groups excluding carboxylic acids is 1. The van der Waals surface area contributed by atoms with E-state index in [1.165, 1.54) is 0 Å². The predicted octanol–water partition coefficient (Wildman–Crippen LogP) is 4.63. The van der Waals surface area contributed by atoms with Gasteiger partial charge in [0, 0.05) is 23.9 Å². The van der Waals surface area contributed by atoms with Crippen LogP contribution in [0.1, 0.15) is 15.9 Å². The summed E-state index contributed by atoms with van der Waals surface area (Å²) in [5.41, 5.74) is 5.28. The van der Waals surface area contributed by atoms with E-state index in [1.54, 1.807) is 19.2 Å². The molecule has 0 fully saturated rings. The molecule has 0 radical (unpaired) electrons. The average Bonchev–Trinajstić information content (AvgIpc) is 3.13. The number of imidazole rings is 1. The van der Waals surface area contributed by atoms with Crippen LogP contribution in [0.4, 0.5) is 5.69 Å². The van der Waals surface area contributed by atoms with Crippen molar-refractivity contribution in [3.05, 3.63) is 83.9 Å². The van der Waals surface area contributed by atoms with E-state index in [4.69, 9.17) is 4.74 Å². The first-order valence-electron chi connectivity index (χ1n) is 8.67. The summed E-state index contributed by atoms with van der Waals surface area (Å²) in [5.74, 6) is 0.665. The number of fused-ring (bicyclic) bond motifs is 1. The molecule has 4 aromatic rings. The molecule has 2 N–H and O–H groups in total. The summed E-state index contributed by atoms with van der Waals surface area (Å²) in [7, 11) is 1.65. The van der Waals surface area contributed by atoms with Gasteiger partial charge < -0.3 is 15.0 Å². The molecule has 0 unspecified atom stereocenters. The normalized spacial score (nSPS) is 10.9. The Bertz CT molecular complexity index is 1030. The molecule has 0 saturated carbocycles. The topological polar surface area (TPSA) is 67.0 Å². The van der Waals surface area contributed by atoms with Crippen LogP contribution < -0.4 is 5.32 Å². The number of aromatic nitrogens is 2. The molecule has 0 bridgehead atoms. The summed E-state index contributed by atoms with van der Waals surface area (Å²) < 4.78 is 5.08. The van der Waals surface area contributed by atoms with Crippen LogP contribution in [0.3, 0.4) is 0 Å². The first-order chi connectivity index (χ1) is 13.2. The van der Waals surface area contributed by atoms with Gasteiger partial charge in [0.25, 0.3) is 5.91 Å². The Morgan fingerprint density at radius 3 is 2.44 bits per heavy atom. The smallest absolute Gasteiger partial charge is 0.255 e. The van der Waals surface area contributed by atoms with Crippen LogP contribution in [0.25, 0.3) is 22.4 Å². The number of ether oxygens (including phenoxy) is 1. The van der Waals surface area contributed by atoms with Crippen molar-refractivity contribution in [3.8, 4) is 11.4 Å². The molecule has 5 nitrogen and oxygen atoms in total. The Labute approximate surface area is 157 Å². The molecule has 0 atom stereocenters. The summed E-state index contributed by atoms with van der Waals surface area (Å²) in [6.07, 6.45) is 0. The number of hydrogen-bond donors (Lipinski definition) is 2. The number of aromatic amines is 1. The molecule has 0 aliphatic rings. The number of carbonyl (C=O) groups is 1. The summed E-state index contributed by atoms with van der Waals surface area (Å²) in [5, 5.41) is 2.91. The van der Waals surface area contributed by atoms with Gasteiger partial charge in [0.05, 0.1) is 17.6 Å². The molecule has 134 valence electrons. The highest BCUT2D eigenvalue weighted by molar-refractivity contribution is 6.04. The standard InChI is InChI=1S/C22H19N3O2/c1-27-14-15-6-8-17(9-7-15)22(26)23-18-12-10-16(11-13-18)21-24-19-4-2-3-5-20(19)25-21/h2-13H,14H2,1H3,(H,23,26)(H,24,25). The fourth-order valence-corrected chi connectivity index (χ4v) is 2.92. The zero-order chi connectivity index (χ0) is 18.6. The lowest BCUT2D eigenvalue weighted by atomic mass is 10.1. The van der Waals surface area contributed by atoms with Crippen molar-refractivity contribution in [2.24, 2.45) is 0 Å². The van der Waals surface area contributed by atoms with Crippen molar-refractivity contribution in [2.75, 3.05) is 12.4 Å². The third kappa shape index (κ3) is 3.73. The van der Waals surface area contributed by atoms with E-state index in [0.717, 1.165) is 33.7 Å². The molecular weight excluding hydrogens is 338 g/mol. The maximum Gasteiger partial charge on any atom is 0.255 e. The highest BCUT2D eigenvalue weighted by Crippen LogP contribution is 2.22. The first-order valence-corrected chi connectivity index (χ1v) is 8.67. The summed E-state index contributed by atoms with van der Waals surface area (Å²) >= 11 is 0. The number of H-pyrrole nitrogens is 1. The molecule has 4 rings (SSSR count). The van der Waals surface area contributed by atoms with Gasteiger partial charge in [-0.15, -0.1) is 0 Å². The van der Waals surface area contributed by atoms with Crippen LogP contribution in [-0.4, -0.2) is 23.0 Å². The van der Waals surface area contributed by atoms with Gasteiger partial charge in [-0.05, 0) is 54.1 Å². The molecule has 3 aromatic carbocycles. The third-order valence-corrected chi connectivity index (χ3v) is 4.33. The molecule has 1 amide bonds. The van der Waals surface area contributed by atoms with Crippen LogP contribution >= 0.6 is 0 Å². The van der Waals surface area contributed by atoms with E-state index in [0.29, 0.717) is 12.2 Å². The van der Waals surface area contributed by atoms with E-state index < -0.39 is 0 Å². The molecule has 0 aliphatic carbocycles. The lowest BCUT2D eigenvalue weighted by Gasteiger charge is -2.07. The van der Waals surface area contributed by atoms with E-state index in [1.807, 2.05) is 60.7 Å². The Morgan fingerprint density at radius 1 is 1.00 bits per heavy atom.